The van der Waals surface area contributed by atoms with Gasteiger partial charge in [0.1, 0.15) is 0 Å². The molecule has 3 N–H and O–H groups in total. The predicted octanol–water partition coefficient (Wildman–Crippen LogP) is 2.17. The Morgan fingerprint density at radius 1 is 1.10 bits per heavy atom. The molecule has 2 bridgehead atoms. The van der Waals surface area contributed by atoms with Crippen molar-refractivity contribution in [3.63, 3.8) is 0 Å². The zero-order chi connectivity index (χ0) is 22.6. The van der Waals surface area contributed by atoms with E-state index in [0.29, 0.717) is 12.8 Å². The highest BCUT2D eigenvalue weighted by Crippen LogP contribution is 2.61. The van der Waals surface area contributed by atoms with Crippen molar-refractivity contribution in [3.8, 4) is 0 Å². The van der Waals surface area contributed by atoms with Crippen LogP contribution in [0.25, 0.3) is 0 Å². The zero-order valence-electron chi connectivity index (χ0n) is 16.8. The lowest BCUT2D eigenvalue weighted by Gasteiger charge is -2.46. The third kappa shape index (κ3) is 4.72. The summed E-state index contributed by atoms with van der Waals surface area (Å²) < 4.78 is 74.3. The van der Waals surface area contributed by atoms with Crippen molar-refractivity contribution in [2.75, 3.05) is 6.61 Å². The second kappa shape index (κ2) is 7.65. The zero-order valence-corrected chi connectivity index (χ0v) is 17.6. The van der Waals surface area contributed by atoms with Gasteiger partial charge < -0.3 is 14.9 Å². The van der Waals surface area contributed by atoms with Crippen LogP contribution in [0.4, 0.5) is 13.2 Å². The molecule has 0 spiro atoms. The fraction of sp³-hybridized carbons (Fsp3) is 0.944. The maximum atomic E-state index is 13.5. The fourth-order valence-electron chi connectivity index (χ4n) is 5.31. The largest absolute Gasteiger partial charge is 0.465 e. The molecule has 0 aliphatic heterocycles. The van der Waals surface area contributed by atoms with Gasteiger partial charge in [-0.15, -0.1) is 0 Å². The molecule has 29 heavy (non-hydrogen) atoms. The van der Waals surface area contributed by atoms with Gasteiger partial charge in [0.2, 0.25) is 0 Å². The molecule has 2 aliphatic carbocycles. The number of aliphatic hydroxyl groups is 2. The van der Waals surface area contributed by atoms with Crippen LogP contribution in [0.5, 0.6) is 0 Å². The third-order valence-electron chi connectivity index (χ3n) is 6.26. The van der Waals surface area contributed by atoms with E-state index in [1.54, 1.807) is 27.7 Å². The minimum Gasteiger partial charge on any atom is -0.465 e. The highest BCUT2D eigenvalue weighted by molar-refractivity contribution is 7.86. The van der Waals surface area contributed by atoms with Gasteiger partial charge in [-0.3, -0.25) is 9.35 Å². The topological polar surface area (TPSA) is 121 Å². The van der Waals surface area contributed by atoms with Crippen LogP contribution in [0.2, 0.25) is 0 Å². The number of alkyl halides is 3. The minimum atomic E-state index is -5.92. The predicted molar refractivity (Wildman–Crippen MR) is 96.2 cm³/mol. The molecule has 0 aromatic heterocycles. The van der Waals surface area contributed by atoms with Gasteiger partial charge >= 0.3 is 21.3 Å². The number of hydrogen-bond donors (Lipinski definition) is 3. The molecule has 170 valence electrons. The van der Waals surface area contributed by atoms with E-state index < -0.39 is 63.6 Å². The van der Waals surface area contributed by atoms with E-state index in [1.165, 1.54) is 0 Å². The molecule has 6 unspecified atom stereocenters. The first-order valence-corrected chi connectivity index (χ1v) is 10.9. The quantitative estimate of drug-likeness (QED) is 0.386. The first kappa shape index (κ1) is 24.4. The van der Waals surface area contributed by atoms with Gasteiger partial charge in [0, 0.05) is 6.42 Å². The molecule has 0 radical (unpaired) electrons. The van der Waals surface area contributed by atoms with E-state index in [-0.39, 0.29) is 17.8 Å². The Morgan fingerprint density at radius 3 is 2.07 bits per heavy atom. The maximum Gasteiger partial charge on any atom is 0.400 e. The van der Waals surface area contributed by atoms with Crippen LogP contribution in [0, 0.1) is 29.6 Å². The SMILES string of the molecule is CC(C)(O)C1C2CC(C(=O)OCCC(F)C(F)(F)S(=O)(=O)O)C(C2)C1C(C)(C)O. The van der Waals surface area contributed by atoms with Crippen LogP contribution in [0.1, 0.15) is 47.0 Å². The van der Waals surface area contributed by atoms with Crippen LogP contribution in [-0.2, 0) is 19.6 Å². The summed E-state index contributed by atoms with van der Waals surface area (Å²) in [5.74, 6) is -2.31. The standard InChI is InChI=1S/C18H29F3O7S/c1-16(2,23)13-9-7-10(14(13)17(3,4)24)11(8-9)15(22)28-6-5-12(19)18(20,21)29(25,26)27/h9-14,23-24H,5-8H2,1-4H3,(H,25,26,27). The van der Waals surface area contributed by atoms with Gasteiger partial charge in [0.25, 0.3) is 0 Å². The van der Waals surface area contributed by atoms with Crippen LogP contribution in [0.15, 0.2) is 0 Å². The number of fused-ring (bicyclic) bond motifs is 2. The Bertz CT molecular complexity index is 727. The average molecular weight is 446 g/mol. The number of hydrogen-bond acceptors (Lipinski definition) is 6. The molecule has 0 aromatic carbocycles. The van der Waals surface area contributed by atoms with Crippen molar-refractivity contribution in [1.29, 1.82) is 0 Å². The fourth-order valence-corrected chi connectivity index (χ4v) is 5.75. The summed E-state index contributed by atoms with van der Waals surface area (Å²) in [5, 5.41) is 16.2. The molecule has 2 saturated carbocycles. The van der Waals surface area contributed by atoms with E-state index in [2.05, 4.69) is 0 Å². The lowest BCUT2D eigenvalue weighted by atomic mass is 9.63. The van der Waals surface area contributed by atoms with E-state index in [0.717, 1.165) is 0 Å². The molecule has 11 heteroatoms. The summed E-state index contributed by atoms with van der Waals surface area (Å²) in [6, 6.07) is 0. The lowest BCUT2D eigenvalue weighted by molar-refractivity contribution is -0.159. The molecular formula is C18H29F3O7S. The molecule has 2 rings (SSSR count). The van der Waals surface area contributed by atoms with Crippen molar-refractivity contribution in [2.24, 2.45) is 29.6 Å². The number of esters is 1. The first-order valence-electron chi connectivity index (χ1n) is 9.49. The molecule has 2 fully saturated rings. The first-order chi connectivity index (χ1) is 12.9. The van der Waals surface area contributed by atoms with E-state index in [1.807, 2.05) is 0 Å². The maximum absolute atomic E-state index is 13.5. The number of rotatable bonds is 8. The molecular weight excluding hydrogens is 417 g/mol. The minimum absolute atomic E-state index is 0.0354. The van der Waals surface area contributed by atoms with Crippen molar-refractivity contribution < 1.29 is 45.9 Å². The van der Waals surface area contributed by atoms with Crippen LogP contribution in [-0.4, -0.2) is 58.4 Å². The van der Waals surface area contributed by atoms with E-state index in [9.17, 15) is 36.6 Å². The molecule has 7 nitrogen and oxygen atoms in total. The second-order valence-electron chi connectivity index (χ2n) is 9.32. The summed E-state index contributed by atoms with van der Waals surface area (Å²) in [7, 11) is -5.92. The number of halogens is 3. The van der Waals surface area contributed by atoms with Gasteiger partial charge in [0.05, 0.1) is 23.7 Å². The summed E-state index contributed by atoms with van der Waals surface area (Å²) in [5.41, 5.74) is -2.24. The lowest BCUT2D eigenvalue weighted by Crippen LogP contribution is -2.51. The molecule has 0 aromatic rings. The van der Waals surface area contributed by atoms with Crippen LogP contribution >= 0.6 is 0 Å². The molecule has 0 amide bonds. The average Bonchev–Trinajstić information content (AvgIpc) is 3.10. The molecule has 6 atom stereocenters. The van der Waals surface area contributed by atoms with Gasteiger partial charge in [-0.1, -0.05) is 0 Å². The van der Waals surface area contributed by atoms with Gasteiger partial charge in [-0.05, 0) is 64.2 Å². The van der Waals surface area contributed by atoms with Crippen molar-refractivity contribution >= 4 is 16.1 Å². The summed E-state index contributed by atoms with van der Waals surface area (Å²) in [4.78, 5) is 12.4. The summed E-state index contributed by atoms with van der Waals surface area (Å²) >= 11 is 0. The Labute approximate surface area is 168 Å². The van der Waals surface area contributed by atoms with Crippen molar-refractivity contribution in [3.05, 3.63) is 0 Å². The highest BCUT2D eigenvalue weighted by Gasteiger charge is 2.62. The van der Waals surface area contributed by atoms with Gasteiger partial charge in [-0.2, -0.15) is 17.2 Å². The molecule has 2 aliphatic rings. The molecule has 0 saturated heterocycles. The van der Waals surface area contributed by atoms with Crippen LogP contribution < -0.4 is 0 Å². The smallest absolute Gasteiger partial charge is 0.400 e. The summed E-state index contributed by atoms with van der Waals surface area (Å²) in [6.07, 6.45) is -3.34. The van der Waals surface area contributed by atoms with Crippen molar-refractivity contribution in [2.45, 2.75) is 69.6 Å². The van der Waals surface area contributed by atoms with E-state index in [4.69, 9.17) is 9.29 Å². The van der Waals surface area contributed by atoms with Crippen LogP contribution in [0.3, 0.4) is 0 Å². The Hall–Kier alpha value is -0.910. The van der Waals surface area contributed by atoms with Gasteiger partial charge in [0.15, 0.2) is 6.17 Å². The Morgan fingerprint density at radius 2 is 1.62 bits per heavy atom. The highest BCUT2D eigenvalue weighted by atomic mass is 32.2. The summed E-state index contributed by atoms with van der Waals surface area (Å²) in [6.45, 7) is 5.73. The van der Waals surface area contributed by atoms with Crippen molar-refractivity contribution in [1.82, 2.24) is 0 Å². The number of ether oxygens (including phenoxy) is 1. The Balaban J connectivity index is 2.02. The van der Waals surface area contributed by atoms with E-state index >= 15 is 0 Å². The Kier molecular flexibility index (Phi) is 6.43. The molecule has 0 heterocycles. The second-order valence-corrected chi connectivity index (χ2v) is 10.8. The number of carbonyl (C=O) groups excluding carboxylic acids is 1. The monoisotopic (exact) mass is 446 g/mol. The van der Waals surface area contributed by atoms with Gasteiger partial charge in [-0.25, -0.2) is 4.39 Å². The third-order valence-corrected chi connectivity index (χ3v) is 7.21. The number of carbonyl (C=O) groups is 1. The normalized spacial score (nSPS) is 31.7.